The first-order chi connectivity index (χ1) is 10.3. The van der Waals surface area contributed by atoms with Crippen molar-refractivity contribution in [2.45, 2.75) is 12.6 Å². The molecule has 4 nitrogen and oxygen atoms in total. The lowest BCUT2D eigenvalue weighted by Gasteiger charge is -2.27. The predicted molar refractivity (Wildman–Crippen MR) is 79.2 cm³/mol. The van der Waals surface area contributed by atoms with E-state index in [4.69, 9.17) is 11.6 Å². The van der Waals surface area contributed by atoms with Gasteiger partial charge in [-0.25, -0.2) is 0 Å². The van der Waals surface area contributed by atoms with Crippen molar-refractivity contribution in [2.75, 3.05) is 17.3 Å². The third kappa shape index (κ3) is 3.61. The highest BCUT2D eigenvalue weighted by Crippen LogP contribution is 2.38. The molecular weight excluding hydrogens is 341 g/mol. The van der Waals surface area contributed by atoms with E-state index in [9.17, 15) is 22.8 Å². The highest BCUT2D eigenvalue weighted by Gasteiger charge is 2.37. The van der Waals surface area contributed by atoms with Gasteiger partial charge in [-0.3, -0.25) is 19.5 Å². The first-order valence-corrected chi connectivity index (χ1v) is 7.50. The average Bonchev–Trinajstić information content (AvgIpc) is 2.47. The molecule has 0 aliphatic carbocycles. The Balaban J connectivity index is 2.54. The summed E-state index contributed by atoms with van der Waals surface area (Å²) >= 11 is 6.14. The van der Waals surface area contributed by atoms with E-state index < -0.39 is 23.5 Å². The van der Waals surface area contributed by atoms with E-state index in [0.29, 0.717) is 11.8 Å². The Morgan fingerprint density at radius 3 is 2.64 bits per heavy atom. The molecule has 0 saturated heterocycles. The van der Waals surface area contributed by atoms with Crippen LogP contribution in [0.3, 0.4) is 0 Å². The number of nitrogens with zero attached hydrogens (tertiary/aromatic N) is 2. The van der Waals surface area contributed by atoms with Gasteiger partial charge < -0.3 is 0 Å². The topological polar surface area (TPSA) is 49.7 Å². The van der Waals surface area contributed by atoms with Crippen molar-refractivity contribution < 1.29 is 22.8 Å². The standard InChI is InChI=1S/C13H10ClF3N2O2S/c14-7-10(20)19(12-18-6-5-11(21)22-12)9-4-2-1-3-8(9)13(15,16)17/h1-4H,5-7H2. The first kappa shape index (κ1) is 16.8. The van der Waals surface area contributed by atoms with Crippen molar-refractivity contribution in [1.29, 1.82) is 0 Å². The molecule has 1 aromatic rings. The summed E-state index contributed by atoms with van der Waals surface area (Å²) in [5.41, 5.74) is -1.38. The minimum Gasteiger partial charge on any atom is -0.287 e. The number of alkyl halides is 4. The molecule has 118 valence electrons. The van der Waals surface area contributed by atoms with Gasteiger partial charge in [-0.2, -0.15) is 13.2 Å². The molecule has 1 aromatic carbocycles. The Bertz CT molecular complexity index is 634. The van der Waals surface area contributed by atoms with Gasteiger partial charge >= 0.3 is 6.18 Å². The predicted octanol–water partition coefficient (Wildman–Crippen LogP) is 3.30. The van der Waals surface area contributed by atoms with Crippen molar-refractivity contribution in [2.24, 2.45) is 4.99 Å². The first-order valence-electron chi connectivity index (χ1n) is 6.15. The summed E-state index contributed by atoms with van der Waals surface area (Å²) in [6, 6.07) is 4.60. The number of rotatable bonds is 2. The molecule has 0 unspecified atom stereocenters. The normalized spacial score (nSPS) is 15.5. The van der Waals surface area contributed by atoms with E-state index in [1.54, 1.807) is 0 Å². The monoisotopic (exact) mass is 350 g/mol. The molecule has 1 aliphatic heterocycles. The van der Waals surface area contributed by atoms with Gasteiger partial charge in [0.1, 0.15) is 5.88 Å². The molecule has 0 saturated carbocycles. The van der Waals surface area contributed by atoms with Gasteiger partial charge in [0.25, 0.3) is 0 Å². The average molecular weight is 351 g/mol. The van der Waals surface area contributed by atoms with Crippen molar-refractivity contribution in [3.05, 3.63) is 29.8 Å². The molecule has 2 rings (SSSR count). The fourth-order valence-electron chi connectivity index (χ4n) is 1.86. The molecule has 0 radical (unpaired) electrons. The maximum absolute atomic E-state index is 13.1. The van der Waals surface area contributed by atoms with Crippen LogP contribution in [0.2, 0.25) is 0 Å². The summed E-state index contributed by atoms with van der Waals surface area (Å²) in [7, 11) is 0. The highest BCUT2D eigenvalue weighted by molar-refractivity contribution is 8.26. The van der Waals surface area contributed by atoms with Gasteiger partial charge in [0.05, 0.1) is 11.3 Å². The summed E-state index contributed by atoms with van der Waals surface area (Å²) in [5.74, 6) is -1.31. The third-order valence-corrected chi connectivity index (χ3v) is 3.93. The molecule has 0 aromatic heterocycles. The zero-order valence-corrected chi connectivity index (χ0v) is 12.6. The van der Waals surface area contributed by atoms with Gasteiger partial charge in [-0.15, -0.1) is 11.6 Å². The molecule has 22 heavy (non-hydrogen) atoms. The highest BCUT2D eigenvalue weighted by atomic mass is 35.5. The number of hydrogen-bond acceptors (Lipinski definition) is 4. The lowest BCUT2D eigenvalue weighted by Crippen LogP contribution is -2.39. The number of hydrogen-bond donors (Lipinski definition) is 0. The van der Waals surface area contributed by atoms with Crippen LogP contribution in [-0.2, 0) is 15.8 Å². The molecular formula is C13H10ClF3N2O2S. The van der Waals surface area contributed by atoms with Crippen molar-refractivity contribution in [3.8, 4) is 0 Å². The lowest BCUT2D eigenvalue weighted by atomic mass is 10.1. The fourth-order valence-corrected chi connectivity index (χ4v) is 2.82. The Morgan fingerprint density at radius 1 is 1.36 bits per heavy atom. The number of anilines is 1. The number of aliphatic imine (C=N–C) groups is 1. The Labute approximate surface area is 133 Å². The Hall–Kier alpha value is -1.54. The van der Waals surface area contributed by atoms with Crippen LogP contribution in [0, 0.1) is 0 Å². The smallest absolute Gasteiger partial charge is 0.287 e. The van der Waals surface area contributed by atoms with Crippen LogP contribution >= 0.6 is 23.4 Å². The van der Waals surface area contributed by atoms with Crippen molar-refractivity contribution in [1.82, 2.24) is 0 Å². The lowest BCUT2D eigenvalue weighted by molar-refractivity contribution is -0.137. The SMILES string of the molecule is O=C1CCN=C(N(C(=O)CCl)c2ccccc2C(F)(F)F)S1. The van der Waals surface area contributed by atoms with E-state index in [0.717, 1.165) is 17.0 Å². The molecule has 1 heterocycles. The van der Waals surface area contributed by atoms with Crippen LogP contribution in [0.4, 0.5) is 18.9 Å². The van der Waals surface area contributed by atoms with Crippen LogP contribution in [0.25, 0.3) is 0 Å². The van der Waals surface area contributed by atoms with E-state index in [1.807, 2.05) is 0 Å². The number of halogens is 4. The largest absolute Gasteiger partial charge is 0.418 e. The number of carbonyl (C=O) groups excluding carboxylic acids is 2. The van der Waals surface area contributed by atoms with Gasteiger partial charge in [0.15, 0.2) is 10.3 Å². The quantitative estimate of drug-likeness (QED) is 0.769. The Morgan fingerprint density at radius 2 is 2.05 bits per heavy atom. The summed E-state index contributed by atoms with van der Waals surface area (Å²) in [6.07, 6.45) is -4.47. The van der Waals surface area contributed by atoms with E-state index in [-0.39, 0.29) is 28.9 Å². The second-order valence-corrected chi connectivity index (χ2v) is 5.56. The second kappa shape index (κ2) is 6.70. The second-order valence-electron chi connectivity index (χ2n) is 4.27. The number of para-hydroxylation sites is 1. The molecule has 0 atom stereocenters. The molecule has 0 fully saturated rings. The number of carbonyl (C=O) groups is 2. The zero-order valence-electron chi connectivity index (χ0n) is 11.1. The van der Waals surface area contributed by atoms with Crippen LogP contribution in [0.1, 0.15) is 12.0 Å². The van der Waals surface area contributed by atoms with Crippen LogP contribution in [-0.4, -0.2) is 28.6 Å². The summed E-state index contributed by atoms with van der Waals surface area (Å²) in [5, 5.41) is -0.347. The number of thioether (sulfide) groups is 1. The third-order valence-electron chi connectivity index (χ3n) is 2.77. The molecule has 0 bridgehead atoms. The number of amides is 1. The molecule has 1 aliphatic rings. The van der Waals surface area contributed by atoms with Crippen molar-refractivity contribution >= 4 is 45.2 Å². The van der Waals surface area contributed by atoms with Gasteiger partial charge in [0.2, 0.25) is 5.91 Å². The van der Waals surface area contributed by atoms with E-state index >= 15 is 0 Å². The molecule has 0 spiro atoms. The minimum atomic E-state index is -4.65. The molecule has 1 amide bonds. The van der Waals surface area contributed by atoms with Gasteiger partial charge in [-0.05, 0) is 23.9 Å². The van der Waals surface area contributed by atoms with Crippen LogP contribution in [0.15, 0.2) is 29.3 Å². The number of benzene rings is 1. The van der Waals surface area contributed by atoms with Crippen molar-refractivity contribution in [3.63, 3.8) is 0 Å². The summed E-state index contributed by atoms with van der Waals surface area (Å²) < 4.78 is 39.4. The maximum atomic E-state index is 13.1. The van der Waals surface area contributed by atoms with Crippen LogP contribution in [0.5, 0.6) is 0 Å². The molecule has 9 heteroatoms. The van der Waals surface area contributed by atoms with Gasteiger partial charge in [-0.1, -0.05) is 12.1 Å². The summed E-state index contributed by atoms with van der Waals surface area (Å²) in [4.78, 5) is 28.3. The maximum Gasteiger partial charge on any atom is 0.418 e. The van der Waals surface area contributed by atoms with E-state index in [1.165, 1.54) is 12.1 Å². The fraction of sp³-hybridized carbons (Fsp3) is 0.308. The van der Waals surface area contributed by atoms with Gasteiger partial charge in [0, 0.05) is 13.0 Å². The zero-order chi connectivity index (χ0) is 16.3. The summed E-state index contributed by atoms with van der Waals surface area (Å²) in [6.45, 7) is 0.126. The number of amidine groups is 1. The minimum absolute atomic E-state index is 0.0846. The molecule has 0 N–H and O–H groups in total. The van der Waals surface area contributed by atoms with Crippen LogP contribution < -0.4 is 4.90 Å². The van der Waals surface area contributed by atoms with E-state index in [2.05, 4.69) is 4.99 Å². The Kier molecular flexibility index (Phi) is 5.12.